The summed E-state index contributed by atoms with van der Waals surface area (Å²) >= 11 is 0. The Morgan fingerprint density at radius 1 is 1.29 bits per heavy atom. The Balaban J connectivity index is 2.54. The second kappa shape index (κ2) is 6.91. The summed E-state index contributed by atoms with van der Waals surface area (Å²) in [5.41, 5.74) is 0.931. The van der Waals surface area contributed by atoms with Gasteiger partial charge in [0, 0.05) is 12.2 Å². The third-order valence-corrected chi connectivity index (χ3v) is 2.57. The highest BCUT2D eigenvalue weighted by Gasteiger charge is 2.10. The SMILES string of the molecule is Cc1c(OCCCCCO)cccc1C(=O)O. The fourth-order valence-corrected chi connectivity index (χ4v) is 1.58. The van der Waals surface area contributed by atoms with Crippen molar-refractivity contribution in [1.82, 2.24) is 0 Å². The van der Waals surface area contributed by atoms with Gasteiger partial charge in [-0.25, -0.2) is 4.79 Å². The lowest BCUT2D eigenvalue weighted by molar-refractivity contribution is 0.0695. The maximum absolute atomic E-state index is 10.9. The van der Waals surface area contributed by atoms with E-state index in [1.54, 1.807) is 25.1 Å². The molecule has 17 heavy (non-hydrogen) atoms. The number of aliphatic hydroxyl groups is 1. The fourth-order valence-electron chi connectivity index (χ4n) is 1.58. The van der Waals surface area contributed by atoms with E-state index >= 15 is 0 Å². The van der Waals surface area contributed by atoms with Crippen LogP contribution < -0.4 is 4.74 Å². The zero-order valence-corrected chi connectivity index (χ0v) is 9.98. The normalized spacial score (nSPS) is 10.2. The molecule has 0 spiro atoms. The number of unbranched alkanes of at least 4 members (excludes halogenated alkanes) is 2. The smallest absolute Gasteiger partial charge is 0.336 e. The minimum absolute atomic E-state index is 0.202. The van der Waals surface area contributed by atoms with Gasteiger partial charge in [0.1, 0.15) is 5.75 Å². The Kier molecular flexibility index (Phi) is 5.49. The number of hydrogen-bond donors (Lipinski definition) is 2. The number of carboxylic acids is 1. The molecule has 0 heterocycles. The molecular formula is C13H18O4. The first-order valence-corrected chi connectivity index (χ1v) is 5.73. The molecule has 94 valence electrons. The van der Waals surface area contributed by atoms with Crippen molar-refractivity contribution >= 4 is 5.97 Å². The zero-order chi connectivity index (χ0) is 12.7. The Morgan fingerprint density at radius 2 is 2.06 bits per heavy atom. The van der Waals surface area contributed by atoms with Crippen molar-refractivity contribution < 1.29 is 19.7 Å². The van der Waals surface area contributed by atoms with Crippen LogP contribution in [0, 0.1) is 6.92 Å². The summed E-state index contributed by atoms with van der Waals surface area (Å²) < 4.78 is 5.53. The van der Waals surface area contributed by atoms with Crippen molar-refractivity contribution in [2.45, 2.75) is 26.2 Å². The van der Waals surface area contributed by atoms with Gasteiger partial charge in [0.25, 0.3) is 0 Å². The minimum atomic E-state index is -0.937. The van der Waals surface area contributed by atoms with E-state index in [4.69, 9.17) is 14.9 Å². The average molecular weight is 238 g/mol. The lowest BCUT2D eigenvalue weighted by Crippen LogP contribution is -2.04. The molecule has 1 aromatic rings. The summed E-state index contributed by atoms with van der Waals surface area (Å²) in [6.07, 6.45) is 2.54. The zero-order valence-electron chi connectivity index (χ0n) is 9.98. The van der Waals surface area contributed by atoms with Gasteiger partial charge in [-0.05, 0) is 38.3 Å². The quantitative estimate of drug-likeness (QED) is 0.715. The molecule has 0 saturated carbocycles. The molecule has 4 heteroatoms. The van der Waals surface area contributed by atoms with Crippen LogP contribution in [-0.4, -0.2) is 29.4 Å². The number of ether oxygens (including phenoxy) is 1. The second-order valence-electron chi connectivity index (χ2n) is 3.87. The van der Waals surface area contributed by atoms with Gasteiger partial charge in [0.05, 0.1) is 12.2 Å². The molecule has 0 aliphatic heterocycles. The van der Waals surface area contributed by atoms with E-state index in [1.165, 1.54) is 0 Å². The predicted octanol–water partition coefficient (Wildman–Crippen LogP) is 2.23. The molecule has 4 nitrogen and oxygen atoms in total. The lowest BCUT2D eigenvalue weighted by Gasteiger charge is -2.10. The van der Waals surface area contributed by atoms with Crippen LogP contribution in [0.1, 0.15) is 35.2 Å². The Labute approximate surface area is 101 Å². The second-order valence-corrected chi connectivity index (χ2v) is 3.87. The van der Waals surface area contributed by atoms with Crippen LogP contribution in [0.25, 0.3) is 0 Å². The number of hydrogen-bond acceptors (Lipinski definition) is 3. The van der Waals surface area contributed by atoms with Crippen LogP contribution in [0.15, 0.2) is 18.2 Å². The molecule has 0 unspecified atom stereocenters. The molecule has 2 N–H and O–H groups in total. The first-order chi connectivity index (χ1) is 8.16. The van der Waals surface area contributed by atoms with Crippen LogP contribution in [0.3, 0.4) is 0 Å². The van der Waals surface area contributed by atoms with Gasteiger partial charge in [-0.15, -0.1) is 0 Å². The van der Waals surface area contributed by atoms with E-state index in [0.29, 0.717) is 17.9 Å². The van der Waals surface area contributed by atoms with Crippen LogP contribution in [-0.2, 0) is 0 Å². The summed E-state index contributed by atoms with van der Waals surface area (Å²) in [7, 11) is 0. The van der Waals surface area contributed by atoms with E-state index in [0.717, 1.165) is 19.3 Å². The summed E-state index contributed by atoms with van der Waals surface area (Å²) in [6, 6.07) is 5.02. The highest BCUT2D eigenvalue weighted by atomic mass is 16.5. The number of benzene rings is 1. The van der Waals surface area contributed by atoms with E-state index in [9.17, 15) is 4.79 Å². The number of carbonyl (C=O) groups is 1. The molecule has 1 aromatic carbocycles. The summed E-state index contributed by atoms with van der Waals surface area (Å²) in [4.78, 5) is 10.9. The summed E-state index contributed by atoms with van der Waals surface area (Å²) in [5.74, 6) is -0.317. The molecular weight excluding hydrogens is 220 g/mol. The van der Waals surface area contributed by atoms with Crippen molar-refractivity contribution in [3.8, 4) is 5.75 Å². The molecule has 1 rings (SSSR count). The Hall–Kier alpha value is -1.55. The van der Waals surface area contributed by atoms with E-state index < -0.39 is 5.97 Å². The van der Waals surface area contributed by atoms with Crippen molar-refractivity contribution in [1.29, 1.82) is 0 Å². The molecule has 0 saturated heterocycles. The van der Waals surface area contributed by atoms with Gasteiger partial charge in [-0.2, -0.15) is 0 Å². The topological polar surface area (TPSA) is 66.8 Å². The Morgan fingerprint density at radius 3 is 2.71 bits per heavy atom. The molecule has 0 amide bonds. The molecule has 0 atom stereocenters. The largest absolute Gasteiger partial charge is 0.493 e. The third-order valence-electron chi connectivity index (χ3n) is 2.57. The van der Waals surface area contributed by atoms with Gasteiger partial charge in [-0.1, -0.05) is 6.07 Å². The molecule has 0 radical (unpaired) electrons. The molecule has 0 bridgehead atoms. The number of aliphatic hydroxyl groups excluding tert-OH is 1. The van der Waals surface area contributed by atoms with Crippen LogP contribution in [0.2, 0.25) is 0 Å². The van der Waals surface area contributed by atoms with E-state index in [2.05, 4.69) is 0 Å². The first-order valence-electron chi connectivity index (χ1n) is 5.73. The summed E-state index contributed by atoms with van der Waals surface area (Å²) in [5, 5.41) is 17.6. The van der Waals surface area contributed by atoms with Gasteiger partial charge in [0.2, 0.25) is 0 Å². The molecule has 0 aromatic heterocycles. The summed E-state index contributed by atoms with van der Waals surface area (Å²) in [6.45, 7) is 2.49. The van der Waals surface area contributed by atoms with Gasteiger partial charge in [-0.3, -0.25) is 0 Å². The number of rotatable bonds is 7. The maximum Gasteiger partial charge on any atom is 0.336 e. The van der Waals surface area contributed by atoms with Crippen LogP contribution in [0.5, 0.6) is 5.75 Å². The monoisotopic (exact) mass is 238 g/mol. The van der Waals surface area contributed by atoms with Gasteiger partial charge >= 0.3 is 5.97 Å². The molecule has 0 fully saturated rings. The minimum Gasteiger partial charge on any atom is -0.493 e. The highest BCUT2D eigenvalue weighted by Crippen LogP contribution is 2.21. The fraction of sp³-hybridized carbons (Fsp3) is 0.462. The maximum atomic E-state index is 10.9. The van der Waals surface area contributed by atoms with Crippen molar-refractivity contribution in [2.24, 2.45) is 0 Å². The third kappa shape index (κ3) is 4.07. The van der Waals surface area contributed by atoms with Crippen LogP contribution in [0.4, 0.5) is 0 Å². The van der Waals surface area contributed by atoms with Crippen LogP contribution >= 0.6 is 0 Å². The predicted molar refractivity (Wildman–Crippen MR) is 64.6 cm³/mol. The lowest BCUT2D eigenvalue weighted by atomic mass is 10.1. The first kappa shape index (κ1) is 13.5. The van der Waals surface area contributed by atoms with Gasteiger partial charge < -0.3 is 14.9 Å². The highest BCUT2D eigenvalue weighted by molar-refractivity contribution is 5.90. The number of carboxylic acid groups (broad SMARTS) is 1. The standard InChI is InChI=1S/C13H18O4/c1-10-11(13(15)16)6-5-7-12(10)17-9-4-2-3-8-14/h5-7,14H,2-4,8-9H2,1H3,(H,15,16). The van der Waals surface area contributed by atoms with Crippen molar-refractivity contribution in [3.63, 3.8) is 0 Å². The van der Waals surface area contributed by atoms with E-state index in [-0.39, 0.29) is 12.2 Å². The van der Waals surface area contributed by atoms with Crippen molar-refractivity contribution in [2.75, 3.05) is 13.2 Å². The number of aromatic carboxylic acids is 1. The Bertz CT molecular complexity index is 374. The molecule has 0 aliphatic carbocycles. The molecule has 0 aliphatic rings. The van der Waals surface area contributed by atoms with Gasteiger partial charge in [0.15, 0.2) is 0 Å². The average Bonchev–Trinajstić information content (AvgIpc) is 2.30. The van der Waals surface area contributed by atoms with E-state index in [1.807, 2.05) is 0 Å². The van der Waals surface area contributed by atoms with Crippen molar-refractivity contribution in [3.05, 3.63) is 29.3 Å².